The average molecular weight is 516 g/mol. The maximum absolute atomic E-state index is 12.0. The molecule has 0 saturated heterocycles. The summed E-state index contributed by atoms with van der Waals surface area (Å²) >= 11 is 11.7. The van der Waals surface area contributed by atoms with E-state index in [1.54, 1.807) is 49.4 Å². The van der Waals surface area contributed by atoms with Gasteiger partial charge in [-0.1, -0.05) is 29.3 Å². The number of amides is 4. The number of hydrazone groups is 1. The van der Waals surface area contributed by atoms with Gasteiger partial charge in [0.1, 0.15) is 11.5 Å². The van der Waals surface area contributed by atoms with Crippen LogP contribution in [0.25, 0.3) is 0 Å². The van der Waals surface area contributed by atoms with Crippen LogP contribution in [0.2, 0.25) is 10.0 Å². The van der Waals surface area contributed by atoms with Gasteiger partial charge in [0.25, 0.3) is 0 Å². The molecular weight excluding hydrogens is 497 g/mol. The highest BCUT2D eigenvalue weighted by atomic mass is 35.5. The largest absolute Gasteiger partial charge is 0.458 e. The number of benzene rings is 2. The van der Waals surface area contributed by atoms with Gasteiger partial charge in [0.15, 0.2) is 0 Å². The highest BCUT2D eigenvalue weighted by Crippen LogP contribution is 2.19. The first-order chi connectivity index (χ1) is 16.7. The number of hydrogen-bond donors (Lipinski definition) is 4. The number of nitrogens with zero attached hydrogens (tertiary/aromatic N) is 1. The maximum Gasteiger partial charge on any atom is 0.329 e. The molecule has 0 aliphatic rings. The van der Waals surface area contributed by atoms with Crippen LogP contribution in [0.1, 0.15) is 17.1 Å². The fraction of sp³-hybridized carbons (Fsp3) is 0.0870. The van der Waals surface area contributed by atoms with E-state index in [9.17, 15) is 19.2 Å². The molecule has 0 aliphatic heterocycles. The summed E-state index contributed by atoms with van der Waals surface area (Å²) in [4.78, 5) is 47.9. The highest BCUT2D eigenvalue weighted by Gasteiger charge is 2.15. The maximum atomic E-state index is 12.0. The summed E-state index contributed by atoms with van der Waals surface area (Å²) in [7, 11) is 0. The van der Waals surface area contributed by atoms with Gasteiger partial charge in [-0.25, -0.2) is 5.43 Å². The quantitative estimate of drug-likeness (QED) is 0.226. The Balaban J connectivity index is 1.44. The minimum atomic E-state index is -0.986. The van der Waals surface area contributed by atoms with E-state index in [0.29, 0.717) is 32.7 Å². The van der Waals surface area contributed by atoms with Crippen molar-refractivity contribution in [3.63, 3.8) is 0 Å². The topological polar surface area (TPSA) is 142 Å². The Morgan fingerprint density at radius 3 is 2.37 bits per heavy atom. The van der Waals surface area contributed by atoms with Crippen LogP contribution in [-0.4, -0.2) is 29.8 Å². The molecule has 35 heavy (non-hydrogen) atoms. The summed E-state index contributed by atoms with van der Waals surface area (Å²) in [5, 5.41) is 11.9. The van der Waals surface area contributed by atoms with E-state index in [0.717, 1.165) is 0 Å². The number of furan rings is 1. The number of nitrogens with one attached hydrogen (secondary N) is 4. The van der Waals surface area contributed by atoms with E-state index in [4.69, 9.17) is 27.6 Å². The second kappa shape index (κ2) is 11.8. The third kappa shape index (κ3) is 7.70. The van der Waals surface area contributed by atoms with Crippen molar-refractivity contribution < 1.29 is 23.6 Å². The zero-order valence-corrected chi connectivity index (χ0v) is 19.7. The fourth-order valence-corrected chi connectivity index (χ4v) is 3.13. The molecule has 10 nitrogen and oxygen atoms in total. The average Bonchev–Trinajstić information content (AvgIpc) is 3.26. The molecule has 3 aromatic rings. The lowest BCUT2D eigenvalue weighted by atomic mass is 10.2. The van der Waals surface area contributed by atoms with Crippen molar-refractivity contribution in [3.8, 4) is 0 Å². The molecule has 3 rings (SSSR count). The lowest BCUT2D eigenvalue weighted by Gasteiger charge is -2.07. The molecule has 180 valence electrons. The van der Waals surface area contributed by atoms with Gasteiger partial charge in [0.2, 0.25) is 0 Å². The number of carbonyl (C=O) groups excluding carboxylic acids is 4. The molecule has 0 fully saturated rings. The predicted octanol–water partition coefficient (Wildman–Crippen LogP) is 3.24. The first-order valence-electron chi connectivity index (χ1n) is 10.1. The number of carbonyl (C=O) groups is 4. The number of hydrogen-bond acceptors (Lipinski definition) is 6. The molecule has 2 aromatic carbocycles. The van der Waals surface area contributed by atoms with Crippen molar-refractivity contribution in [2.24, 2.45) is 5.10 Å². The molecule has 1 heterocycles. The number of aryl methyl sites for hydroxylation is 1. The smallest absolute Gasteiger partial charge is 0.329 e. The molecule has 0 bridgehead atoms. The van der Waals surface area contributed by atoms with Crippen molar-refractivity contribution in [3.05, 3.63) is 81.7 Å². The van der Waals surface area contributed by atoms with Crippen molar-refractivity contribution in [1.29, 1.82) is 0 Å². The van der Waals surface area contributed by atoms with Gasteiger partial charge in [-0.15, -0.1) is 0 Å². The molecule has 0 saturated carbocycles. The molecule has 0 unspecified atom stereocenters. The molecule has 0 atom stereocenters. The molecule has 1 aromatic heterocycles. The first-order valence-corrected chi connectivity index (χ1v) is 10.8. The van der Waals surface area contributed by atoms with Gasteiger partial charge in [0, 0.05) is 21.4 Å². The van der Waals surface area contributed by atoms with Crippen LogP contribution in [-0.2, 0) is 25.7 Å². The second-order valence-electron chi connectivity index (χ2n) is 7.06. The summed E-state index contributed by atoms with van der Waals surface area (Å²) < 4.78 is 5.44. The van der Waals surface area contributed by atoms with Gasteiger partial charge < -0.3 is 20.4 Å². The van der Waals surface area contributed by atoms with Gasteiger partial charge >= 0.3 is 23.6 Å². The van der Waals surface area contributed by atoms with Crippen molar-refractivity contribution in [2.75, 3.05) is 10.6 Å². The number of anilines is 2. The Kier molecular flexibility index (Phi) is 8.60. The molecule has 4 amide bonds. The molecule has 0 spiro atoms. The third-order valence-electron chi connectivity index (χ3n) is 4.40. The highest BCUT2D eigenvalue weighted by molar-refractivity contribution is 6.40. The number of halogens is 2. The first kappa shape index (κ1) is 25.5. The lowest BCUT2D eigenvalue weighted by molar-refractivity contribution is -0.136. The van der Waals surface area contributed by atoms with E-state index in [2.05, 4.69) is 26.5 Å². The van der Waals surface area contributed by atoms with Gasteiger partial charge in [0.05, 0.1) is 12.8 Å². The predicted molar refractivity (Wildman–Crippen MR) is 131 cm³/mol. The summed E-state index contributed by atoms with van der Waals surface area (Å²) in [5.74, 6) is -3.06. The third-order valence-corrected chi connectivity index (χ3v) is 4.87. The summed E-state index contributed by atoms with van der Waals surface area (Å²) in [6.07, 6.45) is 1.18. The van der Waals surface area contributed by atoms with Crippen molar-refractivity contribution >= 4 is 64.4 Å². The van der Waals surface area contributed by atoms with Gasteiger partial charge in [-0.05, 0) is 61.0 Å². The van der Waals surface area contributed by atoms with E-state index >= 15 is 0 Å². The molecule has 12 heteroatoms. The van der Waals surface area contributed by atoms with Gasteiger partial charge in [-0.3, -0.25) is 19.2 Å². The molecule has 4 N–H and O–H groups in total. The Labute approximate surface area is 209 Å². The van der Waals surface area contributed by atoms with Crippen LogP contribution in [0, 0.1) is 6.92 Å². The standard InChI is InChI=1S/C23H19Cl2N5O5/c1-13-9-15(25)5-8-19(13)29-22(33)23(34)30-27-12-18-7-6-17(35-18)11-26-20(31)21(32)28-16-4-2-3-14(24)10-16/h2-10,12H,11H2,1H3,(H,26,31)(H,28,32)(H,29,33)(H,30,34)/b27-12+. The van der Waals surface area contributed by atoms with E-state index in [1.807, 2.05) is 0 Å². The van der Waals surface area contributed by atoms with Crippen LogP contribution in [0.3, 0.4) is 0 Å². The second-order valence-corrected chi connectivity index (χ2v) is 7.94. The van der Waals surface area contributed by atoms with Crippen molar-refractivity contribution in [2.45, 2.75) is 13.5 Å². The number of rotatable bonds is 6. The Hall–Kier alpha value is -4.15. The van der Waals surface area contributed by atoms with Crippen LogP contribution in [0.4, 0.5) is 11.4 Å². The van der Waals surface area contributed by atoms with Crippen LogP contribution < -0.4 is 21.4 Å². The van der Waals surface area contributed by atoms with Crippen LogP contribution >= 0.6 is 23.2 Å². The SMILES string of the molecule is Cc1cc(Cl)ccc1NC(=O)C(=O)N/N=C/c1ccc(CNC(=O)C(=O)Nc2cccc(Cl)c2)o1. The normalized spacial score (nSPS) is 10.6. The minimum absolute atomic E-state index is 0.0646. The van der Waals surface area contributed by atoms with Gasteiger partial charge in [-0.2, -0.15) is 5.10 Å². The van der Waals surface area contributed by atoms with E-state index in [1.165, 1.54) is 18.3 Å². The lowest BCUT2D eigenvalue weighted by Crippen LogP contribution is -2.34. The van der Waals surface area contributed by atoms with E-state index in [-0.39, 0.29) is 12.3 Å². The fourth-order valence-electron chi connectivity index (χ4n) is 2.71. The van der Waals surface area contributed by atoms with Crippen LogP contribution in [0.5, 0.6) is 0 Å². The summed E-state index contributed by atoms with van der Waals surface area (Å²) in [5.41, 5.74) is 3.60. The summed E-state index contributed by atoms with van der Waals surface area (Å²) in [6.45, 7) is 1.67. The Morgan fingerprint density at radius 2 is 1.63 bits per heavy atom. The zero-order valence-electron chi connectivity index (χ0n) is 18.2. The van der Waals surface area contributed by atoms with Crippen molar-refractivity contribution in [1.82, 2.24) is 10.7 Å². The molecule has 0 aliphatic carbocycles. The minimum Gasteiger partial charge on any atom is -0.458 e. The summed E-state index contributed by atoms with van der Waals surface area (Å²) in [6, 6.07) is 14.3. The Morgan fingerprint density at radius 1 is 0.886 bits per heavy atom. The van der Waals surface area contributed by atoms with E-state index < -0.39 is 23.6 Å². The molecule has 0 radical (unpaired) electrons. The monoisotopic (exact) mass is 515 g/mol. The Bertz CT molecular complexity index is 1300. The molecular formula is C23H19Cl2N5O5. The zero-order chi connectivity index (χ0) is 25.4. The van der Waals surface area contributed by atoms with Crippen LogP contribution in [0.15, 0.2) is 64.1 Å².